The van der Waals surface area contributed by atoms with Crippen LogP contribution >= 0.6 is 0 Å². The third kappa shape index (κ3) is 3.10. The van der Waals surface area contributed by atoms with E-state index in [0.717, 1.165) is 22.5 Å². The highest BCUT2D eigenvalue weighted by atomic mass is 16.6. The second kappa shape index (κ2) is 6.04. The smallest absolute Gasteiger partial charge is 0.407 e. The van der Waals surface area contributed by atoms with Crippen LogP contribution < -0.4 is 5.32 Å². The van der Waals surface area contributed by atoms with Gasteiger partial charge in [0, 0.05) is 11.3 Å². The van der Waals surface area contributed by atoms with Gasteiger partial charge in [-0.2, -0.15) is 10.1 Å². The number of ether oxygens (including phenoxy) is 1. The third-order valence-electron chi connectivity index (χ3n) is 4.03. The molecule has 3 heterocycles. The van der Waals surface area contributed by atoms with Gasteiger partial charge < -0.3 is 14.6 Å². The number of benzene rings is 1. The predicted molar refractivity (Wildman–Crippen MR) is 87.8 cm³/mol. The summed E-state index contributed by atoms with van der Waals surface area (Å²) in [5, 5.41) is 11.1. The first kappa shape index (κ1) is 15.4. The molecule has 4 rings (SSSR count). The number of aromatic nitrogens is 4. The van der Waals surface area contributed by atoms with Crippen molar-refractivity contribution >= 4 is 6.09 Å². The highest BCUT2D eigenvalue weighted by Crippen LogP contribution is 2.22. The molecule has 1 fully saturated rings. The summed E-state index contributed by atoms with van der Waals surface area (Å²) in [6, 6.07) is 9.57. The monoisotopic (exact) mass is 339 g/mol. The van der Waals surface area contributed by atoms with Crippen LogP contribution in [0.3, 0.4) is 0 Å². The average Bonchev–Trinajstić information content (AvgIpc) is 3.29. The summed E-state index contributed by atoms with van der Waals surface area (Å²) in [7, 11) is 0. The lowest BCUT2D eigenvalue weighted by atomic mass is 10.1. The molecular formula is C17H17N5O3. The summed E-state index contributed by atoms with van der Waals surface area (Å²) in [4.78, 5) is 15.5. The maximum Gasteiger partial charge on any atom is 0.407 e. The van der Waals surface area contributed by atoms with Crippen LogP contribution in [0.4, 0.5) is 4.79 Å². The summed E-state index contributed by atoms with van der Waals surface area (Å²) in [6.45, 7) is 4.88. The van der Waals surface area contributed by atoms with Crippen LogP contribution in [0.15, 0.2) is 34.9 Å². The number of nitrogens with zero attached hydrogens (tertiary/aromatic N) is 4. The van der Waals surface area contributed by atoms with E-state index in [-0.39, 0.29) is 6.61 Å². The molecule has 0 radical (unpaired) electrons. The molecule has 0 saturated carbocycles. The van der Waals surface area contributed by atoms with Crippen LogP contribution in [0.5, 0.6) is 0 Å². The lowest BCUT2D eigenvalue weighted by Crippen LogP contribution is -2.18. The van der Waals surface area contributed by atoms with E-state index in [2.05, 4.69) is 20.6 Å². The van der Waals surface area contributed by atoms with Crippen LogP contribution in [0.2, 0.25) is 0 Å². The number of cyclic esters (lactones) is 1. The number of carbonyl (C=O) groups excluding carboxylic acids is 1. The Morgan fingerprint density at radius 1 is 1.32 bits per heavy atom. The maximum atomic E-state index is 11.1. The van der Waals surface area contributed by atoms with Crippen molar-refractivity contribution in [3.8, 4) is 11.4 Å². The van der Waals surface area contributed by atoms with Gasteiger partial charge in [-0.15, -0.1) is 0 Å². The number of alkyl carbamates (subject to hydrolysis) is 1. The summed E-state index contributed by atoms with van der Waals surface area (Å²) in [6.07, 6.45) is -0.475. The predicted octanol–water partition coefficient (Wildman–Crippen LogP) is 2.38. The summed E-state index contributed by atoms with van der Waals surface area (Å²) in [5.74, 6) is 0.816. The fraction of sp³-hybridized carbons (Fsp3) is 0.294. The molecule has 0 bridgehead atoms. The molecular weight excluding hydrogens is 322 g/mol. The Morgan fingerprint density at radius 2 is 2.20 bits per heavy atom. The second-order valence-corrected chi connectivity index (χ2v) is 6.04. The first-order valence-corrected chi connectivity index (χ1v) is 7.96. The van der Waals surface area contributed by atoms with Crippen LogP contribution in [0, 0.1) is 13.8 Å². The fourth-order valence-corrected chi connectivity index (χ4v) is 2.83. The van der Waals surface area contributed by atoms with Gasteiger partial charge in [-0.3, -0.25) is 4.68 Å². The minimum Gasteiger partial charge on any atom is -0.447 e. The molecule has 3 aromatic rings. The van der Waals surface area contributed by atoms with Crippen molar-refractivity contribution < 1.29 is 14.1 Å². The Bertz CT molecular complexity index is 930. The number of carbonyl (C=O) groups is 1. The van der Waals surface area contributed by atoms with Gasteiger partial charge in [0.25, 0.3) is 5.89 Å². The third-order valence-corrected chi connectivity index (χ3v) is 4.03. The number of hydrogen-bond acceptors (Lipinski definition) is 6. The van der Waals surface area contributed by atoms with E-state index in [1.807, 2.05) is 48.9 Å². The molecule has 1 aliphatic rings. The van der Waals surface area contributed by atoms with Gasteiger partial charge in [-0.1, -0.05) is 23.4 Å². The minimum atomic E-state index is -0.475. The van der Waals surface area contributed by atoms with E-state index in [9.17, 15) is 4.79 Å². The van der Waals surface area contributed by atoms with Crippen molar-refractivity contribution in [2.24, 2.45) is 0 Å². The molecule has 1 atom stereocenters. The van der Waals surface area contributed by atoms with Gasteiger partial charge in [-0.25, -0.2) is 4.79 Å². The summed E-state index contributed by atoms with van der Waals surface area (Å²) < 4.78 is 12.1. The Balaban J connectivity index is 1.56. The summed E-state index contributed by atoms with van der Waals surface area (Å²) >= 11 is 0. The van der Waals surface area contributed by atoms with Gasteiger partial charge in [0.15, 0.2) is 0 Å². The molecule has 1 amide bonds. The van der Waals surface area contributed by atoms with Crippen molar-refractivity contribution in [1.82, 2.24) is 25.2 Å². The highest BCUT2D eigenvalue weighted by Gasteiger charge is 2.29. The van der Waals surface area contributed by atoms with Crippen molar-refractivity contribution in [3.05, 3.63) is 53.2 Å². The summed E-state index contributed by atoms with van der Waals surface area (Å²) in [5.41, 5.74) is 4.05. The second-order valence-electron chi connectivity index (χ2n) is 6.04. The number of amides is 1. The van der Waals surface area contributed by atoms with E-state index in [0.29, 0.717) is 18.3 Å². The van der Waals surface area contributed by atoms with Gasteiger partial charge >= 0.3 is 6.09 Å². The molecule has 8 nitrogen and oxygen atoms in total. The molecule has 128 valence electrons. The molecule has 1 aromatic carbocycles. The molecule has 1 aliphatic heterocycles. The zero-order chi connectivity index (χ0) is 17.4. The van der Waals surface area contributed by atoms with Crippen LogP contribution in [-0.2, 0) is 11.3 Å². The molecule has 1 N–H and O–H groups in total. The van der Waals surface area contributed by atoms with Crippen LogP contribution in [0.25, 0.3) is 11.4 Å². The van der Waals surface area contributed by atoms with Gasteiger partial charge in [0.2, 0.25) is 5.82 Å². The Labute approximate surface area is 143 Å². The first-order chi connectivity index (χ1) is 12.1. The van der Waals surface area contributed by atoms with Gasteiger partial charge in [0.05, 0.1) is 12.2 Å². The largest absolute Gasteiger partial charge is 0.447 e. The molecule has 0 aliphatic carbocycles. The average molecular weight is 339 g/mol. The van der Waals surface area contributed by atoms with E-state index in [1.54, 1.807) is 0 Å². The molecule has 25 heavy (non-hydrogen) atoms. The lowest BCUT2D eigenvalue weighted by molar-refractivity contribution is 0.176. The normalized spacial score (nSPS) is 16.7. The van der Waals surface area contributed by atoms with Crippen LogP contribution in [-0.4, -0.2) is 32.6 Å². The van der Waals surface area contributed by atoms with E-state index in [4.69, 9.17) is 9.26 Å². The quantitative estimate of drug-likeness (QED) is 0.784. The highest BCUT2D eigenvalue weighted by molar-refractivity contribution is 5.69. The number of aryl methyl sites for hydroxylation is 2. The number of rotatable bonds is 4. The van der Waals surface area contributed by atoms with Crippen LogP contribution in [0.1, 0.15) is 28.9 Å². The van der Waals surface area contributed by atoms with Gasteiger partial charge in [0.1, 0.15) is 12.6 Å². The maximum absolute atomic E-state index is 11.1. The lowest BCUT2D eigenvalue weighted by Gasteiger charge is -2.05. The number of nitrogens with one attached hydrogen (secondary N) is 1. The first-order valence-electron chi connectivity index (χ1n) is 7.96. The zero-order valence-corrected chi connectivity index (χ0v) is 13.9. The van der Waals surface area contributed by atoms with Crippen molar-refractivity contribution in [3.63, 3.8) is 0 Å². The van der Waals surface area contributed by atoms with Crippen molar-refractivity contribution in [2.45, 2.75) is 26.4 Å². The Morgan fingerprint density at radius 3 is 2.92 bits per heavy atom. The molecule has 0 spiro atoms. The Hall–Kier alpha value is -3.16. The van der Waals surface area contributed by atoms with E-state index in [1.165, 1.54) is 0 Å². The van der Waals surface area contributed by atoms with Crippen molar-refractivity contribution in [1.29, 1.82) is 0 Å². The Kier molecular flexibility index (Phi) is 3.72. The molecule has 8 heteroatoms. The van der Waals surface area contributed by atoms with Crippen molar-refractivity contribution in [2.75, 3.05) is 6.61 Å². The van der Waals surface area contributed by atoms with Gasteiger partial charge in [-0.05, 0) is 31.5 Å². The minimum absolute atomic E-state index is 0.193. The SMILES string of the molecule is Cc1cc(C)n(Cc2cccc(-c3noc([C@H]4COC(=O)N4)n3)c2)n1. The molecule has 2 aromatic heterocycles. The topological polar surface area (TPSA) is 95.1 Å². The molecule has 1 saturated heterocycles. The standard InChI is InChI=1S/C17H17N5O3/c1-10-6-11(2)22(20-10)8-12-4-3-5-13(7-12)15-19-16(25-21-15)14-9-24-17(23)18-14/h3-7,14H,8-9H2,1-2H3,(H,18,23)/t14-/m1/s1. The van der Waals surface area contributed by atoms with E-state index >= 15 is 0 Å². The molecule has 0 unspecified atom stereocenters. The fourth-order valence-electron chi connectivity index (χ4n) is 2.83. The zero-order valence-electron chi connectivity index (χ0n) is 13.9. The number of hydrogen-bond donors (Lipinski definition) is 1. The van der Waals surface area contributed by atoms with E-state index < -0.39 is 12.1 Å².